The summed E-state index contributed by atoms with van der Waals surface area (Å²) in [4.78, 5) is 18.9. The molecule has 0 aromatic heterocycles. The zero-order valence-electron chi connectivity index (χ0n) is 11.6. The Balaban J connectivity index is 2.43. The first kappa shape index (κ1) is 16.6. The largest absolute Gasteiger partial charge is 0.506 e. The smallest absolute Gasteiger partial charge is 0.266 e. The van der Waals surface area contributed by atoms with Crippen LogP contribution in [0.4, 0.5) is 0 Å². The Hall–Kier alpha value is -0.790. The fourth-order valence-corrected chi connectivity index (χ4v) is 4.23. The third kappa shape index (κ3) is 3.52. The molecule has 0 bridgehead atoms. The number of phenols is 1. The number of thioether (sulfide) groups is 1. The molecule has 1 saturated heterocycles. The number of carbonyl (C=O) groups excluding carboxylic acids is 1. The number of hydrogen-bond donors (Lipinski definition) is 1. The molecule has 4 nitrogen and oxygen atoms in total. The molecule has 1 N–H and O–H groups in total. The lowest BCUT2D eigenvalue weighted by molar-refractivity contribution is -0.122. The second-order valence-corrected chi connectivity index (χ2v) is 7.02. The highest BCUT2D eigenvalue weighted by atomic mass is 79.9. The van der Waals surface area contributed by atoms with Crippen LogP contribution in [-0.4, -0.2) is 34.2 Å². The average Bonchev–Trinajstić information content (AvgIpc) is 2.72. The maximum Gasteiger partial charge on any atom is 0.266 e. The van der Waals surface area contributed by atoms with Gasteiger partial charge in [-0.3, -0.25) is 14.7 Å². The molecular weight excluding hydrogens is 420 g/mol. The van der Waals surface area contributed by atoms with Crippen LogP contribution < -0.4 is 0 Å². The van der Waals surface area contributed by atoms with Crippen molar-refractivity contribution in [2.45, 2.75) is 13.8 Å². The van der Waals surface area contributed by atoms with Crippen LogP contribution in [0.1, 0.15) is 19.4 Å². The molecule has 1 aromatic rings. The number of carbonyl (C=O) groups is 1. The Morgan fingerprint density at radius 3 is 2.71 bits per heavy atom. The van der Waals surface area contributed by atoms with Gasteiger partial charge < -0.3 is 5.11 Å². The van der Waals surface area contributed by atoms with Crippen LogP contribution in [0.15, 0.2) is 31.0 Å². The first-order chi connectivity index (χ1) is 9.97. The molecule has 1 fully saturated rings. The van der Waals surface area contributed by atoms with Gasteiger partial charge in [0.05, 0.1) is 9.38 Å². The second kappa shape index (κ2) is 6.98. The van der Waals surface area contributed by atoms with Gasteiger partial charge in [0.15, 0.2) is 5.17 Å². The number of rotatable bonds is 3. The number of nitrogens with zero attached hydrogens (tertiary/aromatic N) is 2. The van der Waals surface area contributed by atoms with E-state index in [1.54, 1.807) is 23.1 Å². The Bertz CT molecular complexity index is 644. The molecule has 0 aliphatic carbocycles. The van der Waals surface area contributed by atoms with Gasteiger partial charge in [-0.2, -0.15) is 0 Å². The van der Waals surface area contributed by atoms with E-state index in [2.05, 4.69) is 36.9 Å². The van der Waals surface area contributed by atoms with E-state index in [0.29, 0.717) is 33.2 Å². The summed E-state index contributed by atoms with van der Waals surface area (Å²) in [7, 11) is 0. The molecule has 1 aliphatic heterocycles. The maximum absolute atomic E-state index is 12.4. The second-order valence-electron chi connectivity index (χ2n) is 4.24. The maximum atomic E-state index is 12.4. The fourth-order valence-electron chi connectivity index (χ4n) is 1.88. The van der Waals surface area contributed by atoms with Gasteiger partial charge in [-0.25, -0.2) is 0 Å². The summed E-state index contributed by atoms with van der Waals surface area (Å²) in [5.41, 5.74) is 0.584. The number of halogens is 2. The highest BCUT2D eigenvalue weighted by molar-refractivity contribution is 9.11. The van der Waals surface area contributed by atoms with E-state index in [-0.39, 0.29) is 11.7 Å². The van der Waals surface area contributed by atoms with Crippen LogP contribution in [0, 0.1) is 0 Å². The molecule has 0 saturated carbocycles. The van der Waals surface area contributed by atoms with Gasteiger partial charge in [0, 0.05) is 23.1 Å². The van der Waals surface area contributed by atoms with E-state index in [4.69, 9.17) is 0 Å². The predicted molar refractivity (Wildman–Crippen MR) is 94.4 cm³/mol. The predicted octanol–water partition coefficient (Wildman–Crippen LogP) is 4.23. The molecular formula is C14H14Br2N2O2S. The van der Waals surface area contributed by atoms with Crippen LogP contribution in [0.3, 0.4) is 0 Å². The monoisotopic (exact) mass is 432 g/mol. The summed E-state index contributed by atoms with van der Waals surface area (Å²) in [5, 5.41) is 10.8. The lowest BCUT2D eigenvalue weighted by Crippen LogP contribution is -2.28. The Kier molecular flexibility index (Phi) is 5.51. The number of benzene rings is 1. The Morgan fingerprint density at radius 2 is 2.10 bits per heavy atom. The number of amides is 1. The third-order valence-corrected chi connectivity index (χ3v) is 4.95. The van der Waals surface area contributed by atoms with E-state index >= 15 is 0 Å². The van der Waals surface area contributed by atoms with Crippen molar-refractivity contribution in [2.75, 3.05) is 13.1 Å². The molecule has 0 spiro atoms. The SMILES string of the molecule is CCN=C1S/C(=C\c2cc(Br)cc(Br)c2O)C(=O)N1CC. The van der Waals surface area contributed by atoms with Crippen molar-refractivity contribution in [1.29, 1.82) is 0 Å². The number of aliphatic imine (C=N–C) groups is 1. The first-order valence-corrected chi connectivity index (χ1v) is 8.82. The number of amidine groups is 1. The van der Waals surface area contributed by atoms with Crippen LogP contribution in [0.2, 0.25) is 0 Å². The zero-order valence-corrected chi connectivity index (χ0v) is 15.5. The van der Waals surface area contributed by atoms with Crippen molar-refractivity contribution >= 4 is 60.8 Å². The van der Waals surface area contributed by atoms with Crippen LogP contribution in [0.25, 0.3) is 6.08 Å². The van der Waals surface area contributed by atoms with Crippen LogP contribution >= 0.6 is 43.6 Å². The molecule has 0 radical (unpaired) electrons. The number of aromatic hydroxyl groups is 1. The lowest BCUT2D eigenvalue weighted by Gasteiger charge is -2.11. The minimum Gasteiger partial charge on any atom is -0.506 e. The Morgan fingerprint density at radius 1 is 1.38 bits per heavy atom. The minimum absolute atomic E-state index is 0.0785. The van der Waals surface area contributed by atoms with E-state index in [1.807, 2.05) is 13.8 Å². The van der Waals surface area contributed by atoms with Gasteiger partial charge in [0.1, 0.15) is 5.75 Å². The summed E-state index contributed by atoms with van der Waals surface area (Å²) in [5.74, 6) is 0.0354. The Labute approximate surface area is 144 Å². The highest BCUT2D eigenvalue weighted by Gasteiger charge is 2.32. The number of phenolic OH excluding ortho intramolecular Hbond substituents is 1. The molecule has 0 atom stereocenters. The third-order valence-electron chi connectivity index (χ3n) is 2.84. The summed E-state index contributed by atoms with van der Waals surface area (Å²) < 4.78 is 1.40. The van der Waals surface area contributed by atoms with Crippen molar-refractivity contribution in [3.05, 3.63) is 31.5 Å². The van der Waals surface area contributed by atoms with Crippen molar-refractivity contribution in [2.24, 2.45) is 4.99 Å². The van der Waals surface area contributed by atoms with E-state index < -0.39 is 0 Å². The fraction of sp³-hybridized carbons (Fsp3) is 0.286. The summed E-state index contributed by atoms with van der Waals surface area (Å²) in [6.45, 7) is 5.06. The van der Waals surface area contributed by atoms with Crippen molar-refractivity contribution in [3.8, 4) is 5.75 Å². The van der Waals surface area contributed by atoms with Crippen molar-refractivity contribution in [3.63, 3.8) is 0 Å². The van der Waals surface area contributed by atoms with Gasteiger partial charge >= 0.3 is 0 Å². The lowest BCUT2D eigenvalue weighted by atomic mass is 10.2. The van der Waals surface area contributed by atoms with Gasteiger partial charge in [0.25, 0.3) is 5.91 Å². The molecule has 0 unspecified atom stereocenters. The van der Waals surface area contributed by atoms with Gasteiger partial charge in [-0.05, 0) is 59.7 Å². The summed E-state index contributed by atoms with van der Waals surface area (Å²) in [6, 6.07) is 3.52. The first-order valence-electron chi connectivity index (χ1n) is 6.41. The van der Waals surface area contributed by atoms with Crippen LogP contribution in [0.5, 0.6) is 5.75 Å². The quantitative estimate of drug-likeness (QED) is 0.725. The van der Waals surface area contributed by atoms with E-state index in [9.17, 15) is 9.90 Å². The van der Waals surface area contributed by atoms with Gasteiger partial charge in [-0.1, -0.05) is 15.9 Å². The van der Waals surface area contributed by atoms with Crippen molar-refractivity contribution in [1.82, 2.24) is 4.90 Å². The average molecular weight is 434 g/mol. The zero-order chi connectivity index (χ0) is 15.6. The standard InChI is InChI=1S/C14H14Br2N2O2S/c1-3-17-14-18(4-2)13(20)11(21-14)6-8-5-9(15)7-10(16)12(8)19/h5-7,19H,3-4H2,1-2H3/b11-6-,17-14?. The molecule has 1 aromatic carbocycles. The minimum atomic E-state index is -0.0785. The van der Waals surface area contributed by atoms with Gasteiger partial charge in [0.2, 0.25) is 0 Å². The summed E-state index contributed by atoms with van der Waals surface area (Å²) in [6.07, 6.45) is 1.69. The number of likely N-dealkylation sites (N-methyl/N-ethyl adjacent to an activating group) is 1. The van der Waals surface area contributed by atoms with E-state index in [1.165, 1.54) is 11.8 Å². The van der Waals surface area contributed by atoms with Crippen LogP contribution in [-0.2, 0) is 4.79 Å². The van der Waals surface area contributed by atoms with Gasteiger partial charge in [-0.15, -0.1) is 0 Å². The molecule has 7 heteroatoms. The molecule has 21 heavy (non-hydrogen) atoms. The number of hydrogen-bond acceptors (Lipinski definition) is 4. The molecule has 2 rings (SSSR count). The molecule has 1 heterocycles. The van der Waals surface area contributed by atoms with E-state index in [0.717, 1.165) is 4.47 Å². The highest BCUT2D eigenvalue weighted by Crippen LogP contribution is 2.37. The summed E-state index contributed by atoms with van der Waals surface area (Å²) >= 11 is 8.00. The molecule has 1 aliphatic rings. The normalized spacial score (nSPS) is 19.0. The molecule has 112 valence electrons. The van der Waals surface area contributed by atoms with Crippen molar-refractivity contribution < 1.29 is 9.90 Å². The molecule has 1 amide bonds. The topological polar surface area (TPSA) is 52.9 Å².